The van der Waals surface area contributed by atoms with E-state index in [4.69, 9.17) is 23.2 Å². The van der Waals surface area contributed by atoms with Crippen molar-refractivity contribution in [3.05, 3.63) is 80.2 Å². The summed E-state index contributed by atoms with van der Waals surface area (Å²) in [5.74, 6) is 0.0688. The second-order valence-electron chi connectivity index (χ2n) is 5.83. The molecule has 6 heteroatoms. The van der Waals surface area contributed by atoms with E-state index >= 15 is 0 Å². The highest BCUT2D eigenvalue weighted by atomic mass is 35.5. The van der Waals surface area contributed by atoms with Gasteiger partial charge in [0.15, 0.2) is 0 Å². The third kappa shape index (κ3) is 3.39. The van der Waals surface area contributed by atoms with Gasteiger partial charge in [-0.2, -0.15) is 0 Å². The number of aromatic nitrogens is 2. The van der Waals surface area contributed by atoms with Crippen LogP contribution < -0.4 is 5.56 Å². The van der Waals surface area contributed by atoms with Gasteiger partial charge >= 0.3 is 0 Å². The number of fused-ring (bicyclic) bond motifs is 2. The number of pyridine rings is 2. The maximum atomic E-state index is 11.2. The molecule has 0 amide bonds. The quantitative estimate of drug-likeness (QED) is 0.398. The SMILES string of the molecule is Cc1c(Cl)nc2ccccc2c1Cl.Cc1c(O)c2ccccc2[nH]c1=O. The van der Waals surface area contributed by atoms with E-state index in [0.29, 0.717) is 26.6 Å². The Labute approximate surface area is 160 Å². The average Bonchev–Trinajstić information content (AvgIpc) is 2.65. The molecule has 0 fully saturated rings. The lowest BCUT2D eigenvalue weighted by Crippen LogP contribution is -2.08. The van der Waals surface area contributed by atoms with Crippen molar-refractivity contribution in [2.24, 2.45) is 0 Å². The molecule has 0 atom stereocenters. The predicted molar refractivity (Wildman–Crippen MR) is 107 cm³/mol. The van der Waals surface area contributed by atoms with Crippen molar-refractivity contribution in [2.45, 2.75) is 13.8 Å². The van der Waals surface area contributed by atoms with Crippen LogP contribution in [0, 0.1) is 13.8 Å². The molecule has 2 aromatic heterocycles. The normalized spacial score (nSPS) is 10.6. The Balaban J connectivity index is 0.000000151. The molecule has 0 unspecified atom stereocenters. The van der Waals surface area contributed by atoms with Crippen molar-refractivity contribution >= 4 is 45.0 Å². The van der Waals surface area contributed by atoms with Crippen molar-refractivity contribution in [1.29, 1.82) is 0 Å². The highest BCUT2D eigenvalue weighted by molar-refractivity contribution is 6.39. The van der Waals surface area contributed by atoms with Crippen LogP contribution in [0.4, 0.5) is 0 Å². The van der Waals surface area contributed by atoms with E-state index in [1.165, 1.54) is 0 Å². The number of nitrogens with zero attached hydrogens (tertiary/aromatic N) is 1. The molecule has 0 saturated heterocycles. The molecular formula is C20H16Cl2N2O2. The van der Waals surface area contributed by atoms with E-state index in [9.17, 15) is 9.90 Å². The minimum Gasteiger partial charge on any atom is -0.507 e. The predicted octanol–water partition coefficient (Wildman–Crippen LogP) is 5.39. The van der Waals surface area contributed by atoms with Gasteiger partial charge in [0.1, 0.15) is 10.9 Å². The monoisotopic (exact) mass is 386 g/mol. The van der Waals surface area contributed by atoms with Crippen molar-refractivity contribution in [2.75, 3.05) is 0 Å². The first-order valence-corrected chi connectivity index (χ1v) is 8.66. The Kier molecular flexibility index (Phi) is 5.16. The zero-order valence-electron chi connectivity index (χ0n) is 14.2. The maximum Gasteiger partial charge on any atom is 0.255 e. The van der Waals surface area contributed by atoms with Crippen molar-refractivity contribution in [3.8, 4) is 5.75 Å². The summed E-state index contributed by atoms with van der Waals surface area (Å²) in [4.78, 5) is 18.1. The van der Waals surface area contributed by atoms with Gasteiger partial charge in [0.2, 0.25) is 0 Å². The van der Waals surface area contributed by atoms with Crippen LogP contribution in [0.1, 0.15) is 11.1 Å². The van der Waals surface area contributed by atoms with Crippen LogP contribution >= 0.6 is 23.2 Å². The van der Waals surface area contributed by atoms with Crippen LogP contribution in [-0.4, -0.2) is 15.1 Å². The van der Waals surface area contributed by atoms with Crippen LogP contribution in [0.25, 0.3) is 21.8 Å². The summed E-state index contributed by atoms with van der Waals surface area (Å²) in [6.45, 7) is 3.46. The first kappa shape index (κ1) is 18.2. The molecule has 0 bridgehead atoms. The van der Waals surface area contributed by atoms with Crippen molar-refractivity contribution in [3.63, 3.8) is 0 Å². The van der Waals surface area contributed by atoms with Gasteiger partial charge in [0.05, 0.1) is 21.6 Å². The summed E-state index contributed by atoms with van der Waals surface area (Å²) in [6.07, 6.45) is 0. The molecule has 4 rings (SSSR count). The summed E-state index contributed by atoms with van der Waals surface area (Å²) in [5.41, 5.74) is 2.45. The molecule has 4 aromatic rings. The zero-order chi connectivity index (χ0) is 18.8. The number of halogens is 2. The fourth-order valence-electron chi connectivity index (χ4n) is 2.56. The number of aromatic amines is 1. The Bertz CT molecular complexity index is 1170. The lowest BCUT2D eigenvalue weighted by molar-refractivity contribution is 0.476. The largest absolute Gasteiger partial charge is 0.507 e. The topological polar surface area (TPSA) is 66.0 Å². The Hall–Kier alpha value is -2.56. The third-order valence-electron chi connectivity index (χ3n) is 4.12. The molecule has 26 heavy (non-hydrogen) atoms. The maximum absolute atomic E-state index is 11.2. The minimum absolute atomic E-state index is 0.0688. The molecule has 0 saturated carbocycles. The summed E-state index contributed by atoms with van der Waals surface area (Å²) >= 11 is 12.0. The summed E-state index contributed by atoms with van der Waals surface area (Å²) < 4.78 is 0. The molecular weight excluding hydrogens is 371 g/mol. The minimum atomic E-state index is -0.240. The molecule has 0 aliphatic rings. The Morgan fingerprint density at radius 2 is 1.54 bits per heavy atom. The van der Waals surface area contributed by atoms with Gasteiger partial charge in [-0.1, -0.05) is 53.5 Å². The molecule has 2 N–H and O–H groups in total. The van der Waals surface area contributed by atoms with Gasteiger partial charge in [0.25, 0.3) is 5.56 Å². The molecule has 0 radical (unpaired) electrons. The Morgan fingerprint density at radius 3 is 2.27 bits per heavy atom. The first-order chi connectivity index (χ1) is 12.4. The molecule has 4 nitrogen and oxygen atoms in total. The van der Waals surface area contributed by atoms with E-state index in [1.54, 1.807) is 19.1 Å². The number of nitrogens with one attached hydrogen (secondary N) is 1. The number of H-pyrrole nitrogens is 1. The average molecular weight is 387 g/mol. The smallest absolute Gasteiger partial charge is 0.255 e. The number of aromatic hydroxyl groups is 1. The zero-order valence-corrected chi connectivity index (χ0v) is 15.7. The highest BCUT2D eigenvalue weighted by Crippen LogP contribution is 2.29. The first-order valence-electron chi connectivity index (χ1n) is 7.91. The molecule has 132 valence electrons. The number of para-hydroxylation sites is 2. The summed E-state index contributed by atoms with van der Waals surface area (Å²) in [7, 11) is 0. The fourth-order valence-corrected chi connectivity index (χ4v) is 3.05. The van der Waals surface area contributed by atoms with Gasteiger partial charge in [-0.05, 0) is 32.0 Å². The Morgan fingerprint density at radius 1 is 0.923 bits per heavy atom. The van der Waals surface area contributed by atoms with E-state index in [2.05, 4.69) is 9.97 Å². The number of benzene rings is 2. The van der Waals surface area contributed by atoms with E-state index in [0.717, 1.165) is 16.5 Å². The summed E-state index contributed by atoms with van der Waals surface area (Å²) in [6, 6.07) is 14.8. The lowest BCUT2D eigenvalue weighted by atomic mass is 10.1. The van der Waals surface area contributed by atoms with Crippen LogP contribution in [0.15, 0.2) is 53.3 Å². The van der Waals surface area contributed by atoms with E-state index in [-0.39, 0.29) is 11.3 Å². The molecule has 0 aliphatic carbocycles. The van der Waals surface area contributed by atoms with Gasteiger partial charge in [-0.25, -0.2) is 4.98 Å². The molecule has 0 spiro atoms. The second-order valence-corrected chi connectivity index (χ2v) is 6.57. The lowest BCUT2D eigenvalue weighted by Gasteiger charge is -2.04. The van der Waals surface area contributed by atoms with E-state index < -0.39 is 0 Å². The van der Waals surface area contributed by atoms with Crippen LogP contribution in [-0.2, 0) is 0 Å². The standard InChI is InChI=1S/C10H7Cl2N.C10H9NO2/c1-6-9(11)7-4-2-3-5-8(7)13-10(6)12;1-6-9(12)7-4-2-3-5-8(7)11-10(6)13/h2-5H,1H3;2-5H,1H3,(H2,11,12,13). The van der Waals surface area contributed by atoms with Crippen LogP contribution in [0.3, 0.4) is 0 Å². The number of hydrogen-bond acceptors (Lipinski definition) is 3. The second kappa shape index (κ2) is 7.36. The van der Waals surface area contributed by atoms with Crippen LogP contribution in [0.5, 0.6) is 5.75 Å². The highest BCUT2D eigenvalue weighted by Gasteiger charge is 2.07. The van der Waals surface area contributed by atoms with Gasteiger partial charge in [-0.3, -0.25) is 4.79 Å². The number of hydrogen-bond donors (Lipinski definition) is 2. The van der Waals surface area contributed by atoms with E-state index in [1.807, 2.05) is 43.3 Å². The van der Waals surface area contributed by atoms with Gasteiger partial charge in [-0.15, -0.1) is 0 Å². The molecule has 0 aliphatic heterocycles. The van der Waals surface area contributed by atoms with Crippen molar-refractivity contribution in [1.82, 2.24) is 9.97 Å². The molecule has 2 heterocycles. The fraction of sp³-hybridized carbons (Fsp3) is 0.100. The number of rotatable bonds is 0. The van der Waals surface area contributed by atoms with Crippen molar-refractivity contribution < 1.29 is 5.11 Å². The van der Waals surface area contributed by atoms with Gasteiger partial charge in [0, 0.05) is 16.3 Å². The summed E-state index contributed by atoms with van der Waals surface area (Å²) in [5, 5.41) is 12.4. The molecule has 2 aromatic carbocycles. The van der Waals surface area contributed by atoms with Crippen LogP contribution in [0.2, 0.25) is 10.2 Å². The third-order valence-corrected chi connectivity index (χ3v) is 4.98. The van der Waals surface area contributed by atoms with Gasteiger partial charge < -0.3 is 10.1 Å².